The molecule has 0 fully saturated rings. The number of aromatic amines is 1. The van der Waals surface area contributed by atoms with E-state index in [1.807, 2.05) is 0 Å². The van der Waals surface area contributed by atoms with E-state index in [4.69, 9.17) is 4.74 Å². The Morgan fingerprint density at radius 3 is 2.53 bits per heavy atom. The average Bonchev–Trinajstić information content (AvgIpc) is 2.57. The summed E-state index contributed by atoms with van der Waals surface area (Å²) in [7, 11) is -0.644. The van der Waals surface area contributed by atoms with E-state index < -0.39 is 10.0 Å². The number of hydrogen-bond acceptors (Lipinski definition) is 5. The zero-order valence-corrected chi connectivity index (χ0v) is 11.8. The van der Waals surface area contributed by atoms with Crippen molar-refractivity contribution in [3.63, 3.8) is 0 Å². The van der Waals surface area contributed by atoms with Crippen LogP contribution in [0.1, 0.15) is 12.6 Å². The molecule has 1 unspecified atom stereocenters. The van der Waals surface area contributed by atoms with Gasteiger partial charge in [-0.1, -0.05) is 11.3 Å². The van der Waals surface area contributed by atoms with Crippen molar-refractivity contribution >= 4 is 21.4 Å². The molecule has 6 nitrogen and oxygen atoms in total. The van der Waals surface area contributed by atoms with E-state index in [0.717, 1.165) is 0 Å². The van der Waals surface area contributed by atoms with Gasteiger partial charge in [-0.05, 0) is 13.8 Å². The lowest BCUT2D eigenvalue weighted by molar-refractivity contribution is 0.149. The van der Waals surface area contributed by atoms with Crippen LogP contribution in [-0.4, -0.2) is 44.5 Å². The SMILES string of the molecule is COCC(C)N(C)S(=O)(=O)c1sc(=O)[nH]c1C. The third-order valence-corrected chi connectivity index (χ3v) is 5.98. The molecule has 1 atom stereocenters. The molecule has 0 aromatic carbocycles. The molecule has 1 heterocycles. The standard InChI is InChI=1S/C9H16N2O4S2/c1-6(5-15-4)11(3)17(13,14)8-7(2)10-9(12)16-8/h6H,5H2,1-4H3,(H,10,12). The fraction of sp³-hybridized carbons (Fsp3) is 0.667. The molecule has 0 bridgehead atoms. The summed E-state index contributed by atoms with van der Waals surface area (Å²) in [5.41, 5.74) is 0.372. The Bertz CT molecular complexity index is 531. The molecule has 0 amide bonds. The van der Waals surface area contributed by atoms with E-state index in [0.29, 0.717) is 23.6 Å². The van der Waals surface area contributed by atoms with Gasteiger partial charge in [0.05, 0.1) is 6.61 Å². The van der Waals surface area contributed by atoms with Gasteiger partial charge in [-0.2, -0.15) is 4.31 Å². The molecule has 1 aromatic rings. The van der Waals surface area contributed by atoms with E-state index in [1.165, 1.54) is 18.5 Å². The molecule has 1 N–H and O–H groups in total. The second-order valence-corrected chi connectivity index (χ2v) is 6.93. The maximum Gasteiger partial charge on any atom is 0.305 e. The summed E-state index contributed by atoms with van der Waals surface area (Å²) in [5.74, 6) is 0. The lowest BCUT2D eigenvalue weighted by Gasteiger charge is -2.22. The van der Waals surface area contributed by atoms with Crippen molar-refractivity contribution in [1.29, 1.82) is 0 Å². The first-order chi connectivity index (χ1) is 7.80. The van der Waals surface area contributed by atoms with E-state index in [1.54, 1.807) is 13.8 Å². The number of sulfonamides is 1. The number of aryl methyl sites for hydroxylation is 1. The van der Waals surface area contributed by atoms with Gasteiger partial charge in [-0.3, -0.25) is 4.79 Å². The molecule has 8 heteroatoms. The smallest absolute Gasteiger partial charge is 0.305 e. The zero-order chi connectivity index (χ0) is 13.2. The number of H-pyrrole nitrogens is 1. The van der Waals surface area contributed by atoms with Crippen LogP contribution in [0.3, 0.4) is 0 Å². The lowest BCUT2D eigenvalue weighted by atomic mass is 10.4. The quantitative estimate of drug-likeness (QED) is 0.846. The van der Waals surface area contributed by atoms with Crippen LogP contribution in [-0.2, 0) is 14.8 Å². The Morgan fingerprint density at radius 1 is 1.53 bits per heavy atom. The molecule has 98 valence electrons. The van der Waals surface area contributed by atoms with Gasteiger partial charge in [-0.25, -0.2) is 8.42 Å². The highest BCUT2D eigenvalue weighted by atomic mass is 32.2. The van der Waals surface area contributed by atoms with Gasteiger partial charge < -0.3 is 9.72 Å². The number of hydrogen-bond donors (Lipinski definition) is 1. The van der Waals surface area contributed by atoms with Crippen molar-refractivity contribution in [2.45, 2.75) is 24.1 Å². The van der Waals surface area contributed by atoms with Crippen molar-refractivity contribution in [3.05, 3.63) is 15.4 Å². The molecule has 1 aromatic heterocycles. The van der Waals surface area contributed by atoms with E-state index in [9.17, 15) is 13.2 Å². The Hall–Kier alpha value is -0.700. The van der Waals surface area contributed by atoms with Crippen LogP contribution in [0.4, 0.5) is 0 Å². The fourth-order valence-electron chi connectivity index (χ4n) is 1.35. The van der Waals surface area contributed by atoms with Crippen LogP contribution in [0.15, 0.2) is 9.00 Å². The van der Waals surface area contributed by atoms with Crippen LogP contribution in [0.5, 0.6) is 0 Å². The van der Waals surface area contributed by atoms with E-state index in [2.05, 4.69) is 4.98 Å². The summed E-state index contributed by atoms with van der Waals surface area (Å²) in [6, 6.07) is -0.290. The van der Waals surface area contributed by atoms with Gasteiger partial charge in [0.25, 0.3) is 10.0 Å². The van der Waals surface area contributed by atoms with Crippen molar-refractivity contribution in [2.24, 2.45) is 0 Å². The minimum Gasteiger partial charge on any atom is -0.383 e. The first kappa shape index (κ1) is 14.4. The predicted molar refractivity (Wildman–Crippen MR) is 66.0 cm³/mol. The third-order valence-electron chi connectivity index (χ3n) is 2.42. The number of likely N-dealkylation sites (N-methyl/N-ethyl adjacent to an activating group) is 1. The summed E-state index contributed by atoms with van der Waals surface area (Å²) >= 11 is 0.704. The summed E-state index contributed by atoms with van der Waals surface area (Å²) in [6.45, 7) is 3.61. The van der Waals surface area contributed by atoms with Crippen molar-refractivity contribution in [3.8, 4) is 0 Å². The summed E-state index contributed by atoms with van der Waals surface area (Å²) < 4.78 is 30.6. The highest BCUT2D eigenvalue weighted by Crippen LogP contribution is 2.21. The minimum atomic E-state index is -3.63. The summed E-state index contributed by atoms with van der Waals surface area (Å²) in [6.07, 6.45) is 0. The number of nitrogens with one attached hydrogen (secondary N) is 1. The zero-order valence-electron chi connectivity index (χ0n) is 10.2. The topological polar surface area (TPSA) is 79.5 Å². The molecular formula is C9H16N2O4S2. The molecule has 1 rings (SSSR count). The first-order valence-corrected chi connectivity index (χ1v) is 7.23. The molecular weight excluding hydrogens is 264 g/mol. The van der Waals surface area contributed by atoms with Gasteiger partial charge in [0.15, 0.2) is 4.21 Å². The number of methoxy groups -OCH3 is 1. The van der Waals surface area contributed by atoms with E-state index >= 15 is 0 Å². The second-order valence-electron chi connectivity index (χ2n) is 3.75. The van der Waals surface area contributed by atoms with Gasteiger partial charge in [0.1, 0.15) is 0 Å². The number of thiazole rings is 1. The fourth-order valence-corrected chi connectivity index (χ4v) is 4.16. The van der Waals surface area contributed by atoms with Crippen molar-refractivity contribution in [1.82, 2.24) is 9.29 Å². The summed E-state index contributed by atoms with van der Waals surface area (Å²) in [4.78, 5) is 13.2. The number of ether oxygens (including phenoxy) is 1. The molecule has 0 saturated heterocycles. The van der Waals surface area contributed by atoms with E-state index in [-0.39, 0.29) is 15.1 Å². The molecule has 17 heavy (non-hydrogen) atoms. The Kier molecular flexibility index (Phi) is 4.48. The highest BCUT2D eigenvalue weighted by Gasteiger charge is 2.29. The minimum absolute atomic E-state index is 0.0629. The van der Waals surface area contributed by atoms with Gasteiger partial charge >= 0.3 is 4.87 Å². The Balaban J connectivity index is 3.11. The number of aromatic nitrogens is 1. The first-order valence-electron chi connectivity index (χ1n) is 4.97. The third kappa shape index (κ3) is 2.95. The van der Waals surface area contributed by atoms with Crippen LogP contribution in [0.2, 0.25) is 0 Å². The number of nitrogens with zero attached hydrogens (tertiary/aromatic N) is 1. The Morgan fingerprint density at radius 2 is 2.12 bits per heavy atom. The predicted octanol–water partition coefficient (Wildman–Crippen LogP) is 0.400. The maximum atomic E-state index is 12.2. The monoisotopic (exact) mass is 280 g/mol. The normalized spacial score (nSPS) is 14.2. The molecule has 0 aliphatic heterocycles. The van der Waals surface area contributed by atoms with Crippen molar-refractivity contribution in [2.75, 3.05) is 20.8 Å². The second kappa shape index (κ2) is 5.30. The van der Waals surface area contributed by atoms with Crippen molar-refractivity contribution < 1.29 is 13.2 Å². The molecule has 0 aliphatic carbocycles. The Labute approximate surface area is 104 Å². The van der Waals surface area contributed by atoms with Crippen LogP contribution in [0, 0.1) is 6.92 Å². The van der Waals surface area contributed by atoms with Crippen LogP contribution >= 0.6 is 11.3 Å². The average molecular weight is 280 g/mol. The van der Waals surface area contributed by atoms with Gasteiger partial charge in [0.2, 0.25) is 0 Å². The molecule has 0 spiro atoms. The van der Waals surface area contributed by atoms with Crippen LogP contribution in [0.25, 0.3) is 0 Å². The van der Waals surface area contributed by atoms with Gasteiger partial charge in [0, 0.05) is 25.9 Å². The van der Waals surface area contributed by atoms with Gasteiger partial charge in [-0.15, -0.1) is 0 Å². The van der Waals surface area contributed by atoms with Crippen LogP contribution < -0.4 is 4.87 Å². The molecule has 0 saturated carbocycles. The number of rotatable bonds is 5. The maximum absolute atomic E-state index is 12.2. The molecule has 0 radical (unpaired) electrons. The largest absolute Gasteiger partial charge is 0.383 e. The summed E-state index contributed by atoms with van der Waals surface area (Å²) in [5, 5.41) is 0. The lowest BCUT2D eigenvalue weighted by Crippen LogP contribution is -2.37. The highest BCUT2D eigenvalue weighted by molar-refractivity contribution is 7.91. The molecule has 0 aliphatic rings.